The first-order valence-corrected chi connectivity index (χ1v) is 6.81. The van der Waals surface area contributed by atoms with E-state index in [9.17, 15) is 0 Å². The highest BCUT2D eigenvalue weighted by Crippen LogP contribution is 2.28. The molecule has 1 aliphatic heterocycles. The van der Waals surface area contributed by atoms with Gasteiger partial charge < -0.3 is 5.32 Å². The highest BCUT2D eigenvalue weighted by molar-refractivity contribution is 6.30. The number of benzene rings is 1. The first kappa shape index (κ1) is 12.9. The second kappa shape index (κ2) is 5.85. The van der Waals surface area contributed by atoms with Gasteiger partial charge in [-0.2, -0.15) is 0 Å². The van der Waals surface area contributed by atoms with Gasteiger partial charge in [-0.15, -0.1) is 0 Å². The van der Waals surface area contributed by atoms with Crippen LogP contribution in [0.5, 0.6) is 0 Å². The zero-order valence-corrected chi connectivity index (χ0v) is 11.4. The number of rotatable bonds is 3. The number of nitrogens with zero attached hydrogens (tertiary/aromatic N) is 1. The molecule has 1 atom stereocenters. The summed E-state index contributed by atoms with van der Waals surface area (Å²) in [4.78, 5) is 2.58. The van der Waals surface area contributed by atoms with Crippen LogP contribution in [0.25, 0.3) is 0 Å². The van der Waals surface area contributed by atoms with Gasteiger partial charge in [0.1, 0.15) is 0 Å². The lowest BCUT2D eigenvalue weighted by molar-refractivity contribution is 0.169. The average Bonchev–Trinajstić information content (AvgIpc) is 2.34. The van der Waals surface area contributed by atoms with Gasteiger partial charge in [-0.25, -0.2) is 0 Å². The number of piperazine rings is 1. The van der Waals surface area contributed by atoms with Crippen molar-refractivity contribution in [3.05, 3.63) is 34.3 Å². The van der Waals surface area contributed by atoms with E-state index in [1.165, 1.54) is 11.1 Å². The van der Waals surface area contributed by atoms with Gasteiger partial charge in [0.2, 0.25) is 0 Å². The molecule has 0 aliphatic carbocycles. The summed E-state index contributed by atoms with van der Waals surface area (Å²) >= 11 is 6.03. The predicted molar refractivity (Wildman–Crippen MR) is 73.7 cm³/mol. The molecule has 17 heavy (non-hydrogen) atoms. The summed E-state index contributed by atoms with van der Waals surface area (Å²) in [7, 11) is 0. The van der Waals surface area contributed by atoms with E-state index in [2.05, 4.69) is 36.2 Å². The minimum Gasteiger partial charge on any atom is -0.314 e. The summed E-state index contributed by atoms with van der Waals surface area (Å²) in [6.07, 6.45) is 1.16. The van der Waals surface area contributed by atoms with Crippen molar-refractivity contribution >= 4 is 11.6 Å². The molecule has 2 rings (SSSR count). The Bertz CT molecular complexity index is 372. The van der Waals surface area contributed by atoms with Crippen molar-refractivity contribution in [3.8, 4) is 0 Å². The van der Waals surface area contributed by atoms with Crippen molar-refractivity contribution in [1.82, 2.24) is 10.2 Å². The fourth-order valence-corrected chi connectivity index (χ4v) is 2.91. The van der Waals surface area contributed by atoms with Crippen molar-refractivity contribution < 1.29 is 0 Å². The molecule has 0 amide bonds. The van der Waals surface area contributed by atoms with E-state index in [0.29, 0.717) is 6.04 Å². The van der Waals surface area contributed by atoms with Gasteiger partial charge in [0.05, 0.1) is 0 Å². The highest BCUT2D eigenvalue weighted by Gasteiger charge is 2.21. The summed E-state index contributed by atoms with van der Waals surface area (Å²) < 4.78 is 0. The zero-order chi connectivity index (χ0) is 12.3. The summed E-state index contributed by atoms with van der Waals surface area (Å²) in [6, 6.07) is 6.80. The van der Waals surface area contributed by atoms with Crippen molar-refractivity contribution in [2.75, 3.05) is 26.2 Å². The van der Waals surface area contributed by atoms with E-state index in [0.717, 1.165) is 37.6 Å². The largest absolute Gasteiger partial charge is 0.314 e. The average molecular weight is 253 g/mol. The second-order valence-electron chi connectivity index (χ2n) is 4.71. The van der Waals surface area contributed by atoms with Crippen LogP contribution >= 0.6 is 11.6 Å². The molecule has 0 unspecified atom stereocenters. The molecule has 0 spiro atoms. The van der Waals surface area contributed by atoms with Crippen LogP contribution in [0.1, 0.15) is 30.5 Å². The number of hydrogen-bond acceptors (Lipinski definition) is 2. The quantitative estimate of drug-likeness (QED) is 0.890. The maximum atomic E-state index is 6.03. The van der Waals surface area contributed by atoms with Crippen LogP contribution in [0.3, 0.4) is 0 Å². The highest BCUT2D eigenvalue weighted by atomic mass is 35.5. The Kier molecular flexibility index (Phi) is 4.43. The molecular formula is C14H21ClN2. The van der Waals surface area contributed by atoms with Crippen LogP contribution in [0.4, 0.5) is 0 Å². The molecule has 94 valence electrons. The maximum absolute atomic E-state index is 6.03. The molecule has 2 nitrogen and oxygen atoms in total. The molecule has 0 bridgehead atoms. The van der Waals surface area contributed by atoms with E-state index in [1.54, 1.807) is 0 Å². The summed E-state index contributed by atoms with van der Waals surface area (Å²) in [5.41, 5.74) is 2.74. The molecule has 1 saturated heterocycles. The zero-order valence-electron chi connectivity index (χ0n) is 10.7. The van der Waals surface area contributed by atoms with Gasteiger partial charge in [0.25, 0.3) is 0 Å². The van der Waals surface area contributed by atoms with Gasteiger partial charge in [-0.3, -0.25) is 4.90 Å². The molecule has 0 saturated carbocycles. The fourth-order valence-electron chi connectivity index (χ4n) is 2.68. The normalized spacial score (nSPS) is 19.2. The predicted octanol–water partition coefficient (Wildman–Crippen LogP) is 3.00. The summed E-state index contributed by atoms with van der Waals surface area (Å²) in [6.45, 7) is 8.90. The molecule has 1 fully saturated rings. The number of hydrogen-bond donors (Lipinski definition) is 1. The van der Waals surface area contributed by atoms with E-state index < -0.39 is 0 Å². The van der Waals surface area contributed by atoms with Crippen LogP contribution in [-0.4, -0.2) is 31.1 Å². The third-order valence-corrected chi connectivity index (χ3v) is 3.81. The van der Waals surface area contributed by atoms with Crippen LogP contribution in [-0.2, 0) is 0 Å². The molecule has 1 aromatic carbocycles. The second-order valence-corrected chi connectivity index (χ2v) is 5.15. The SMILES string of the molecule is CC[C@H](c1ccc(Cl)cc1C)N1CCNCC1. The van der Waals surface area contributed by atoms with E-state index in [1.807, 2.05) is 6.07 Å². The molecular weight excluding hydrogens is 232 g/mol. The Labute approximate surface area is 109 Å². The minimum absolute atomic E-state index is 0.536. The van der Waals surface area contributed by atoms with Gasteiger partial charge >= 0.3 is 0 Å². The van der Waals surface area contributed by atoms with E-state index in [-0.39, 0.29) is 0 Å². The molecule has 1 aromatic rings. The molecule has 1 aliphatic rings. The minimum atomic E-state index is 0.536. The Morgan fingerprint density at radius 1 is 1.35 bits per heavy atom. The first-order chi connectivity index (χ1) is 8.22. The molecule has 3 heteroatoms. The Morgan fingerprint density at radius 2 is 2.06 bits per heavy atom. The lowest BCUT2D eigenvalue weighted by atomic mass is 9.97. The van der Waals surface area contributed by atoms with Crippen LogP contribution in [0, 0.1) is 6.92 Å². The van der Waals surface area contributed by atoms with Crippen molar-refractivity contribution in [2.45, 2.75) is 26.3 Å². The van der Waals surface area contributed by atoms with Gasteiger partial charge in [0.15, 0.2) is 0 Å². The fraction of sp³-hybridized carbons (Fsp3) is 0.571. The number of halogens is 1. The first-order valence-electron chi connectivity index (χ1n) is 6.43. The monoisotopic (exact) mass is 252 g/mol. The number of aryl methyl sites for hydroxylation is 1. The van der Waals surface area contributed by atoms with E-state index >= 15 is 0 Å². The topological polar surface area (TPSA) is 15.3 Å². The van der Waals surface area contributed by atoms with Crippen molar-refractivity contribution in [2.24, 2.45) is 0 Å². The molecule has 1 N–H and O–H groups in total. The van der Waals surface area contributed by atoms with Crippen molar-refractivity contribution in [1.29, 1.82) is 0 Å². The van der Waals surface area contributed by atoms with Crippen LogP contribution in [0.15, 0.2) is 18.2 Å². The standard InChI is InChI=1S/C14H21ClN2/c1-3-14(17-8-6-16-7-9-17)13-5-4-12(15)10-11(13)2/h4-5,10,14,16H,3,6-9H2,1-2H3/t14-/m1/s1. The van der Waals surface area contributed by atoms with Crippen LogP contribution in [0.2, 0.25) is 5.02 Å². The smallest absolute Gasteiger partial charge is 0.0408 e. The Morgan fingerprint density at radius 3 is 2.65 bits per heavy atom. The lowest BCUT2D eigenvalue weighted by Crippen LogP contribution is -2.45. The summed E-state index contributed by atoms with van der Waals surface area (Å²) in [5.74, 6) is 0. The van der Waals surface area contributed by atoms with E-state index in [4.69, 9.17) is 11.6 Å². The Balaban J connectivity index is 2.21. The molecule has 0 aromatic heterocycles. The Hall–Kier alpha value is -0.570. The molecule has 1 heterocycles. The molecule has 0 radical (unpaired) electrons. The number of nitrogens with one attached hydrogen (secondary N) is 1. The van der Waals surface area contributed by atoms with Gasteiger partial charge in [0, 0.05) is 37.2 Å². The van der Waals surface area contributed by atoms with Crippen LogP contribution < -0.4 is 5.32 Å². The van der Waals surface area contributed by atoms with Gasteiger partial charge in [-0.1, -0.05) is 24.6 Å². The van der Waals surface area contributed by atoms with Gasteiger partial charge in [-0.05, 0) is 36.6 Å². The van der Waals surface area contributed by atoms with Crippen molar-refractivity contribution in [3.63, 3.8) is 0 Å². The lowest BCUT2D eigenvalue weighted by Gasteiger charge is -2.35. The maximum Gasteiger partial charge on any atom is 0.0408 e. The third kappa shape index (κ3) is 3.01. The summed E-state index contributed by atoms with van der Waals surface area (Å²) in [5, 5.41) is 4.24. The third-order valence-electron chi connectivity index (χ3n) is 3.57.